The van der Waals surface area contributed by atoms with E-state index in [9.17, 15) is 8.42 Å². The number of fused-ring (bicyclic) bond motifs is 3. The topological polar surface area (TPSA) is 112 Å². The molecule has 4 rings (SSSR count). The first-order valence-electron chi connectivity index (χ1n) is 8.54. The number of benzene rings is 2. The first kappa shape index (κ1) is 18.7. The van der Waals surface area contributed by atoms with Crippen molar-refractivity contribution in [1.29, 1.82) is 0 Å². The Morgan fingerprint density at radius 3 is 2.75 bits per heavy atom. The van der Waals surface area contributed by atoms with Crippen LogP contribution in [0.15, 0.2) is 41.4 Å². The molecule has 0 spiro atoms. The fourth-order valence-corrected chi connectivity index (χ4v) is 4.36. The molecule has 146 valence electrons. The number of aromatic nitrogens is 3. The highest BCUT2D eigenvalue weighted by Gasteiger charge is 2.16. The van der Waals surface area contributed by atoms with Crippen LogP contribution in [0.4, 0.5) is 10.8 Å². The molecule has 0 aliphatic carbocycles. The molecule has 2 aromatic carbocycles. The van der Waals surface area contributed by atoms with Crippen molar-refractivity contribution in [2.24, 2.45) is 12.2 Å². The van der Waals surface area contributed by atoms with E-state index in [1.165, 1.54) is 23.5 Å². The van der Waals surface area contributed by atoms with Gasteiger partial charge in [-0.15, -0.1) is 0 Å². The fraction of sp³-hybridized carbons (Fsp3) is 0.222. The Hall–Kier alpha value is -2.69. The van der Waals surface area contributed by atoms with Gasteiger partial charge in [0.25, 0.3) is 0 Å². The highest BCUT2D eigenvalue weighted by Crippen LogP contribution is 2.36. The van der Waals surface area contributed by atoms with E-state index in [2.05, 4.69) is 15.4 Å². The smallest absolute Gasteiger partial charge is 0.238 e. The molecule has 3 N–H and O–H groups in total. The van der Waals surface area contributed by atoms with Gasteiger partial charge in [0, 0.05) is 12.4 Å². The zero-order chi connectivity index (χ0) is 20.1. The third kappa shape index (κ3) is 3.41. The molecule has 0 saturated carbocycles. The maximum atomic E-state index is 11.7. The fourth-order valence-electron chi connectivity index (χ4n) is 2.93. The second kappa shape index (κ2) is 6.73. The summed E-state index contributed by atoms with van der Waals surface area (Å²) in [5.74, 6) is 0.521. The lowest BCUT2D eigenvalue weighted by molar-refractivity contribution is 0.243. The molecule has 0 saturated heterocycles. The molecule has 10 heteroatoms. The Morgan fingerprint density at radius 2 is 2.04 bits per heavy atom. The van der Waals surface area contributed by atoms with Crippen molar-refractivity contribution in [3.05, 3.63) is 36.5 Å². The Morgan fingerprint density at radius 1 is 1.25 bits per heavy atom. The third-order valence-electron chi connectivity index (χ3n) is 4.17. The quantitative estimate of drug-likeness (QED) is 0.515. The zero-order valence-electron chi connectivity index (χ0n) is 15.5. The van der Waals surface area contributed by atoms with Crippen LogP contribution in [0.3, 0.4) is 0 Å². The molecular weight excluding hydrogens is 398 g/mol. The summed E-state index contributed by atoms with van der Waals surface area (Å²) in [5.41, 5.74) is 2.32. The Kier molecular flexibility index (Phi) is 4.48. The summed E-state index contributed by atoms with van der Waals surface area (Å²) >= 11 is 1.46. The van der Waals surface area contributed by atoms with Crippen LogP contribution in [0.2, 0.25) is 0 Å². The summed E-state index contributed by atoms with van der Waals surface area (Å²) in [6.45, 7) is 3.79. The number of sulfonamides is 1. The molecule has 0 amide bonds. The normalized spacial score (nSPS) is 12.2. The molecule has 0 aliphatic rings. The molecule has 2 aromatic heterocycles. The predicted octanol–water partition coefficient (Wildman–Crippen LogP) is 3.36. The minimum Gasteiger partial charge on any atom is -0.489 e. The average molecular weight is 418 g/mol. The summed E-state index contributed by atoms with van der Waals surface area (Å²) in [5, 5.41) is 14.3. The molecule has 0 aliphatic heterocycles. The van der Waals surface area contributed by atoms with Crippen LogP contribution in [0.25, 0.3) is 21.1 Å². The van der Waals surface area contributed by atoms with Crippen LogP contribution in [0, 0.1) is 0 Å². The lowest BCUT2D eigenvalue weighted by Gasteiger charge is -2.15. The molecule has 0 atom stereocenters. The van der Waals surface area contributed by atoms with Gasteiger partial charge in [0.05, 0.1) is 38.6 Å². The second-order valence-electron chi connectivity index (χ2n) is 6.63. The largest absolute Gasteiger partial charge is 0.489 e. The van der Waals surface area contributed by atoms with Gasteiger partial charge >= 0.3 is 0 Å². The number of nitrogens with zero attached hydrogens (tertiary/aromatic N) is 3. The van der Waals surface area contributed by atoms with Crippen LogP contribution >= 0.6 is 11.3 Å². The van der Waals surface area contributed by atoms with E-state index < -0.39 is 10.0 Å². The molecule has 0 fully saturated rings. The van der Waals surface area contributed by atoms with E-state index in [1.807, 2.05) is 33.0 Å². The van der Waals surface area contributed by atoms with Crippen molar-refractivity contribution in [2.75, 3.05) is 5.32 Å². The van der Waals surface area contributed by atoms with E-state index in [0.29, 0.717) is 16.6 Å². The van der Waals surface area contributed by atoms with Crippen molar-refractivity contribution < 1.29 is 13.2 Å². The minimum absolute atomic E-state index is 0.00173. The molecule has 8 nitrogen and oxygen atoms in total. The third-order valence-corrected chi connectivity index (χ3v) is 6.02. The van der Waals surface area contributed by atoms with Crippen molar-refractivity contribution in [1.82, 2.24) is 14.8 Å². The molecule has 28 heavy (non-hydrogen) atoms. The van der Waals surface area contributed by atoms with Gasteiger partial charge in [-0.1, -0.05) is 11.3 Å². The van der Waals surface area contributed by atoms with Crippen molar-refractivity contribution in [2.45, 2.75) is 24.8 Å². The van der Waals surface area contributed by atoms with E-state index >= 15 is 0 Å². The maximum absolute atomic E-state index is 11.7. The van der Waals surface area contributed by atoms with Gasteiger partial charge in [-0.25, -0.2) is 18.5 Å². The standard InChI is InChI=1S/C18H19N5O3S2/c1-10(2)26-15-6-4-11(28(19,24)25)8-13(15)21-18-22-17-12-9-20-23(3)14(12)5-7-16(17)27-18/h4-10H,1-3H3,(H,21,22)(H2,19,24,25). The van der Waals surface area contributed by atoms with Crippen LogP contribution in [0.1, 0.15) is 13.8 Å². The molecular formula is C18H19N5O3S2. The Bertz CT molecular complexity index is 1290. The van der Waals surface area contributed by atoms with Gasteiger partial charge in [0.1, 0.15) is 5.75 Å². The highest BCUT2D eigenvalue weighted by molar-refractivity contribution is 7.89. The van der Waals surface area contributed by atoms with Gasteiger partial charge in [-0.2, -0.15) is 5.10 Å². The number of primary sulfonamides is 1. The zero-order valence-corrected chi connectivity index (χ0v) is 17.1. The predicted molar refractivity (Wildman–Crippen MR) is 111 cm³/mol. The SMILES string of the molecule is CC(C)Oc1ccc(S(N)(=O)=O)cc1Nc1nc2c(ccc3c2cnn3C)s1. The van der Waals surface area contributed by atoms with E-state index in [-0.39, 0.29) is 11.0 Å². The molecule has 2 heterocycles. The van der Waals surface area contributed by atoms with Crippen molar-refractivity contribution >= 4 is 53.3 Å². The van der Waals surface area contributed by atoms with Gasteiger partial charge in [0.15, 0.2) is 5.13 Å². The maximum Gasteiger partial charge on any atom is 0.238 e. The second-order valence-corrected chi connectivity index (χ2v) is 9.22. The number of anilines is 2. The summed E-state index contributed by atoms with van der Waals surface area (Å²) in [6.07, 6.45) is 1.71. The van der Waals surface area contributed by atoms with Crippen LogP contribution in [-0.2, 0) is 17.1 Å². The lowest BCUT2D eigenvalue weighted by Crippen LogP contribution is -2.13. The first-order chi connectivity index (χ1) is 13.2. The Balaban J connectivity index is 1.79. The summed E-state index contributed by atoms with van der Waals surface area (Å²) < 4.78 is 32.1. The number of nitrogens with two attached hydrogens (primary N) is 1. The van der Waals surface area contributed by atoms with Crippen LogP contribution in [-0.4, -0.2) is 29.3 Å². The van der Waals surface area contributed by atoms with Gasteiger partial charge in [0.2, 0.25) is 10.0 Å². The van der Waals surface area contributed by atoms with E-state index in [4.69, 9.17) is 9.88 Å². The first-order valence-corrected chi connectivity index (χ1v) is 10.9. The number of ether oxygens (including phenoxy) is 1. The van der Waals surface area contributed by atoms with Gasteiger partial charge in [-0.05, 0) is 44.2 Å². The number of hydrogen-bond acceptors (Lipinski definition) is 7. The van der Waals surface area contributed by atoms with Gasteiger partial charge in [-0.3, -0.25) is 4.68 Å². The lowest BCUT2D eigenvalue weighted by atomic mass is 10.2. The summed E-state index contributed by atoms with van der Waals surface area (Å²) in [7, 11) is -1.95. The minimum atomic E-state index is -3.84. The highest BCUT2D eigenvalue weighted by atomic mass is 32.2. The molecule has 0 radical (unpaired) electrons. The van der Waals surface area contributed by atoms with Crippen LogP contribution < -0.4 is 15.2 Å². The number of thiazole rings is 1. The van der Waals surface area contributed by atoms with E-state index in [1.54, 1.807) is 16.9 Å². The number of aryl methyl sites for hydroxylation is 1. The van der Waals surface area contributed by atoms with Gasteiger partial charge < -0.3 is 10.1 Å². The Labute approximate surface area is 166 Å². The number of nitrogens with one attached hydrogen (secondary N) is 1. The summed E-state index contributed by atoms with van der Waals surface area (Å²) in [4.78, 5) is 4.68. The molecule has 0 unspecified atom stereocenters. The molecule has 4 aromatic rings. The van der Waals surface area contributed by atoms with Crippen molar-refractivity contribution in [3.8, 4) is 5.75 Å². The number of rotatable bonds is 5. The average Bonchev–Trinajstić information content (AvgIpc) is 3.18. The molecule has 0 bridgehead atoms. The van der Waals surface area contributed by atoms with Crippen LogP contribution in [0.5, 0.6) is 5.75 Å². The summed E-state index contributed by atoms with van der Waals surface area (Å²) in [6, 6.07) is 8.47. The number of hydrogen-bond donors (Lipinski definition) is 2. The monoisotopic (exact) mass is 417 g/mol. The van der Waals surface area contributed by atoms with E-state index in [0.717, 1.165) is 21.1 Å². The van der Waals surface area contributed by atoms with Crippen molar-refractivity contribution in [3.63, 3.8) is 0 Å².